The Morgan fingerprint density at radius 2 is 2.14 bits per heavy atom. The lowest BCUT2D eigenvalue weighted by Crippen LogP contribution is -2.13. The van der Waals surface area contributed by atoms with Crippen LogP contribution in [0.15, 0.2) is 6.20 Å². The average Bonchev–Trinajstić information content (AvgIpc) is 2.48. The lowest BCUT2D eigenvalue weighted by molar-refractivity contribution is -0.00269. The molecule has 0 spiro atoms. The van der Waals surface area contributed by atoms with Crippen molar-refractivity contribution in [3.8, 4) is 0 Å². The zero-order valence-electron chi connectivity index (χ0n) is 9.16. The van der Waals surface area contributed by atoms with Crippen LogP contribution < -0.4 is 5.73 Å². The van der Waals surface area contributed by atoms with Gasteiger partial charge >= 0.3 is 0 Å². The molecule has 4 heteroatoms. The van der Waals surface area contributed by atoms with Crippen LogP contribution in [0, 0.1) is 6.92 Å². The molecule has 0 saturated carbocycles. The minimum atomic E-state index is 0.320. The Kier molecular flexibility index (Phi) is 3.95. The van der Waals surface area contributed by atoms with E-state index in [9.17, 15) is 0 Å². The van der Waals surface area contributed by atoms with Gasteiger partial charge in [0.25, 0.3) is 0 Å². The summed E-state index contributed by atoms with van der Waals surface area (Å²) >= 11 is 0. The molecule has 14 heavy (non-hydrogen) atoms. The van der Waals surface area contributed by atoms with Crippen LogP contribution in [0.4, 0.5) is 5.69 Å². The Morgan fingerprint density at radius 1 is 1.50 bits per heavy atom. The van der Waals surface area contributed by atoms with Crippen molar-refractivity contribution in [3.05, 3.63) is 11.9 Å². The number of rotatable bonds is 5. The molecule has 0 aliphatic heterocycles. The summed E-state index contributed by atoms with van der Waals surface area (Å²) in [6, 6.07) is 0. The van der Waals surface area contributed by atoms with Crippen molar-refractivity contribution in [2.45, 2.75) is 46.4 Å². The zero-order chi connectivity index (χ0) is 10.6. The van der Waals surface area contributed by atoms with Gasteiger partial charge in [-0.1, -0.05) is 13.8 Å². The highest BCUT2D eigenvalue weighted by atomic mass is 16.5. The van der Waals surface area contributed by atoms with E-state index in [1.54, 1.807) is 10.9 Å². The normalized spacial score (nSPS) is 11.1. The molecule has 1 aromatic rings. The molecule has 0 aromatic carbocycles. The Balaban J connectivity index is 2.45. The molecule has 0 bridgehead atoms. The molecule has 1 heterocycles. The average molecular weight is 197 g/mol. The third-order valence-corrected chi connectivity index (χ3v) is 2.34. The van der Waals surface area contributed by atoms with Gasteiger partial charge in [-0.05, 0) is 19.8 Å². The second-order valence-electron chi connectivity index (χ2n) is 3.44. The molecule has 0 radical (unpaired) electrons. The van der Waals surface area contributed by atoms with Gasteiger partial charge in [-0.25, -0.2) is 4.68 Å². The lowest BCUT2D eigenvalue weighted by Gasteiger charge is -2.13. The molecule has 2 N–H and O–H groups in total. The summed E-state index contributed by atoms with van der Waals surface area (Å²) in [5.41, 5.74) is 7.25. The summed E-state index contributed by atoms with van der Waals surface area (Å²) in [7, 11) is 0. The lowest BCUT2D eigenvalue weighted by atomic mass is 10.2. The number of aryl methyl sites for hydroxylation is 1. The van der Waals surface area contributed by atoms with Gasteiger partial charge in [0.2, 0.25) is 0 Å². The highest BCUT2D eigenvalue weighted by Crippen LogP contribution is 2.08. The highest BCUT2D eigenvalue weighted by Gasteiger charge is 2.05. The van der Waals surface area contributed by atoms with Crippen LogP contribution in [0.3, 0.4) is 0 Å². The molecule has 0 atom stereocenters. The first-order chi connectivity index (χ1) is 6.67. The van der Waals surface area contributed by atoms with E-state index in [1.165, 1.54) is 0 Å². The van der Waals surface area contributed by atoms with Crippen LogP contribution in [0.2, 0.25) is 0 Å². The molecular formula is C10H19N3O. The van der Waals surface area contributed by atoms with Gasteiger partial charge in [0.05, 0.1) is 23.7 Å². The predicted octanol–water partition coefficient (Wildman–Crippen LogP) is 1.94. The number of hydrogen-bond acceptors (Lipinski definition) is 3. The number of anilines is 1. The van der Waals surface area contributed by atoms with Gasteiger partial charge in [-0.15, -0.1) is 0 Å². The van der Waals surface area contributed by atoms with Crippen LogP contribution in [0.5, 0.6) is 0 Å². The first kappa shape index (κ1) is 11.0. The summed E-state index contributed by atoms with van der Waals surface area (Å²) < 4.78 is 7.38. The topological polar surface area (TPSA) is 53.1 Å². The van der Waals surface area contributed by atoms with E-state index in [0.29, 0.717) is 12.8 Å². The summed E-state index contributed by atoms with van der Waals surface area (Å²) in [6.45, 7) is 6.63. The number of aromatic nitrogens is 2. The van der Waals surface area contributed by atoms with E-state index >= 15 is 0 Å². The third kappa shape index (κ3) is 2.73. The SMILES string of the molecule is CCC(CC)OCn1cc(N)c(C)n1. The molecule has 0 fully saturated rings. The van der Waals surface area contributed by atoms with E-state index in [0.717, 1.165) is 24.2 Å². The molecule has 1 rings (SSSR count). The largest absolute Gasteiger partial charge is 0.396 e. The zero-order valence-corrected chi connectivity index (χ0v) is 9.16. The van der Waals surface area contributed by atoms with E-state index in [2.05, 4.69) is 18.9 Å². The fraction of sp³-hybridized carbons (Fsp3) is 0.700. The number of hydrogen-bond donors (Lipinski definition) is 1. The number of nitrogens with zero attached hydrogens (tertiary/aromatic N) is 2. The van der Waals surface area contributed by atoms with Gasteiger partial charge < -0.3 is 10.5 Å². The van der Waals surface area contributed by atoms with Crippen LogP contribution in [0.1, 0.15) is 32.4 Å². The first-order valence-electron chi connectivity index (χ1n) is 5.08. The standard InChI is InChI=1S/C10H19N3O/c1-4-9(5-2)14-7-13-6-10(11)8(3)12-13/h6,9H,4-5,7,11H2,1-3H3. The second-order valence-corrected chi connectivity index (χ2v) is 3.44. The van der Waals surface area contributed by atoms with Crippen molar-refractivity contribution < 1.29 is 4.74 Å². The maximum absolute atomic E-state index is 5.67. The van der Waals surface area contributed by atoms with Crippen LogP contribution >= 0.6 is 0 Å². The van der Waals surface area contributed by atoms with Crippen molar-refractivity contribution in [3.63, 3.8) is 0 Å². The van der Waals surface area contributed by atoms with Crippen molar-refractivity contribution in [1.82, 2.24) is 9.78 Å². The molecule has 0 saturated heterocycles. The Hall–Kier alpha value is -1.03. The fourth-order valence-electron chi connectivity index (χ4n) is 1.31. The number of ether oxygens (including phenoxy) is 1. The van der Waals surface area contributed by atoms with Crippen LogP contribution in [0.25, 0.3) is 0 Å². The molecule has 0 aliphatic rings. The Bertz CT molecular complexity index is 259. The third-order valence-electron chi connectivity index (χ3n) is 2.34. The molecule has 0 aliphatic carbocycles. The number of nitrogens with two attached hydrogens (primary N) is 1. The van der Waals surface area contributed by atoms with Gasteiger partial charge in [-0.3, -0.25) is 0 Å². The maximum Gasteiger partial charge on any atom is 0.139 e. The summed E-state index contributed by atoms with van der Waals surface area (Å²) in [5.74, 6) is 0. The summed E-state index contributed by atoms with van der Waals surface area (Å²) in [6.07, 6.45) is 4.19. The highest BCUT2D eigenvalue weighted by molar-refractivity contribution is 5.39. The summed E-state index contributed by atoms with van der Waals surface area (Å²) in [4.78, 5) is 0. The minimum Gasteiger partial charge on any atom is -0.396 e. The molecule has 4 nitrogen and oxygen atoms in total. The van der Waals surface area contributed by atoms with E-state index in [4.69, 9.17) is 10.5 Å². The molecular weight excluding hydrogens is 178 g/mol. The molecule has 0 unspecified atom stereocenters. The monoisotopic (exact) mass is 197 g/mol. The quantitative estimate of drug-likeness (QED) is 0.784. The van der Waals surface area contributed by atoms with Crippen molar-refractivity contribution in [1.29, 1.82) is 0 Å². The van der Waals surface area contributed by atoms with Crippen LogP contribution in [-0.2, 0) is 11.5 Å². The van der Waals surface area contributed by atoms with Crippen molar-refractivity contribution in [2.75, 3.05) is 5.73 Å². The first-order valence-corrected chi connectivity index (χ1v) is 5.08. The van der Waals surface area contributed by atoms with Gasteiger partial charge in [-0.2, -0.15) is 5.10 Å². The van der Waals surface area contributed by atoms with E-state index in [-0.39, 0.29) is 0 Å². The van der Waals surface area contributed by atoms with Gasteiger partial charge in [0, 0.05) is 0 Å². The van der Waals surface area contributed by atoms with Crippen LogP contribution in [-0.4, -0.2) is 15.9 Å². The molecule has 0 amide bonds. The smallest absolute Gasteiger partial charge is 0.139 e. The second kappa shape index (κ2) is 5.00. The van der Waals surface area contributed by atoms with Gasteiger partial charge in [0.15, 0.2) is 0 Å². The van der Waals surface area contributed by atoms with E-state index in [1.807, 2.05) is 6.92 Å². The Labute approximate surface area is 85.0 Å². The molecule has 1 aromatic heterocycles. The molecule has 80 valence electrons. The maximum atomic E-state index is 5.67. The number of nitrogen functional groups attached to an aromatic ring is 1. The van der Waals surface area contributed by atoms with E-state index < -0.39 is 0 Å². The predicted molar refractivity (Wildman–Crippen MR) is 56.8 cm³/mol. The van der Waals surface area contributed by atoms with Crippen molar-refractivity contribution in [2.24, 2.45) is 0 Å². The van der Waals surface area contributed by atoms with Gasteiger partial charge in [0.1, 0.15) is 6.73 Å². The van der Waals surface area contributed by atoms with Crippen molar-refractivity contribution >= 4 is 5.69 Å². The fourth-order valence-corrected chi connectivity index (χ4v) is 1.31. The minimum absolute atomic E-state index is 0.320. The summed E-state index contributed by atoms with van der Waals surface area (Å²) in [5, 5.41) is 4.22. The Morgan fingerprint density at radius 3 is 2.57 bits per heavy atom.